The molecule has 0 aromatic heterocycles. The molecule has 0 saturated carbocycles. The average Bonchev–Trinajstić information content (AvgIpc) is 2.14. The van der Waals surface area contributed by atoms with Gasteiger partial charge in [-0.25, -0.2) is 0 Å². The minimum Gasteiger partial charge on any atom is -0.355 e. The molecule has 0 aliphatic rings. The molecule has 0 bridgehead atoms. The monoisotopic (exact) mass is 196 g/mol. The van der Waals surface area contributed by atoms with Gasteiger partial charge in [-0.15, -0.1) is 6.42 Å². The molecule has 0 spiro atoms. The predicted octanol–water partition coefficient (Wildman–Crippen LogP) is 0.617. The molecule has 3 nitrogen and oxygen atoms in total. The fourth-order valence-electron chi connectivity index (χ4n) is 0.821. The van der Waals surface area contributed by atoms with Gasteiger partial charge in [0.25, 0.3) is 0 Å². The highest BCUT2D eigenvalue weighted by Crippen LogP contribution is 2.07. The van der Waals surface area contributed by atoms with Gasteiger partial charge in [-0.1, -0.05) is 26.7 Å². The maximum atomic E-state index is 11.2. The molecule has 1 amide bonds. The third-order valence-corrected chi connectivity index (χ3v) is 2.27. The second kappa shape index (κ2) is 7.40. The van der Waals surface area contributed by atoms with Gasteiger partial charge in [-0.2, -0.15) is 0 Å². The van der Waals surface area contributed by atoms with Gasteiger partial charge < -0.3 is 5.32 Å². The Morgan fingerprint density at radius 1 is 1.43 bits per heavy atom. The summed E-state index contributed by atoms with van der Waals surface area (Å²) in [6.07, 6.45) is 5.03. The van der Waals surface area contributed by atoms with E-state index in [1.165, 1.54) is 0 Å². The van der Waals surface area contributed by atoms with E-state index in [1.807, 2.05) is 0 Å². The third-order valence-electron chi connectivity index (χ3n) is 2.27. The van der Waals surface area contributed by atoms with Crippen LogP contribution in [-0.4, -0.2) is 25.5 Å². The molecule has 1 atom stereocenters. The Balaban J connectivity index is 3.50. The fraction of sp³-hybridized carbons (Fsp3) is 0.727. The van der Waals surface area contributed by atoms with Crippen molar-refractivity contribution >= 4 is 5.91 Å². The van der Waals surface area contributed by atoms with E-state index in [2.05, 4.69) is 37.3 Å². The van der Waals surface area contributed by atoms with E-state index in [4.69, 9.17) is 6.42 Å². The van der Waals surface area contributed by atoms with E-state index in [9.17, 15) is 4.79 Å². The first kappa shape index (κ1) is 13.0. The van der Waals surface area contributed by atoms with E-state index in [1.54, 1.807) is 0 Å². The van der Waals surface area contributed by atoms with Crippen molar-refractivity contribution in [1.29, 1.82) is 0 Å². The number of hydrogen-bond donors (Lipinski definition) is 2. The normalized spacial score (nSPS) is 12.2. The highest BCUT2D eigenvalue weighted by Gasteiger charge is 2.08. The standard InChI is InChI=1S/C11H20N2O/c1-5-6-12-8-11(14)13-7-10(4)9(2)3/h1,9-10,12H,6-8H2,2-4H3,(H,13,14). The lowest BCUT2D eigenvalue weighted by Gasteiger charge is -2.15. The zero-order chi connectivity index (χ0) is 11.0. The number of terminal acetylenes is 1. The van der Waals surface area contributed by atoms with E-state index in [0.717, 1.165) is 6.54 Å². The number of amides is 1. The van der Waals surface area contributed by atoms with Crippen LogP contribution in [0.15, 0.2) is 0 Å². The Morgan fingerprint density at radius 2 is 2.07 bits per heavy atom. The van der Waals surface area contributed by atoms with Crippen LogP contribution in [0.3, 0.4) is 0 Å². The Labute approximate surface area is 86.6 Å². The van der Waals surface area contributed by atoms with Gasteiger partial charge in [-0.3, -0.25) is 10.1 Å². The molecule has 0 rings (SSSR count). The number of hydrogen-bond acceptors (Lipinski definition) is 2. The lowest BCUT2D eigenvalue weighted by atomic mass is 9.98. The summed E-state index contributed by atoms with van der Waals surface area (Å²) >= 11 is 0. The molecule has 14 heavy (non-hydrogen) atoms. The minimum atomic E-state index is 0.00718. The molecule has 0 aliphatic heterocycles. The molecule has 0 aromatic rings. The van der Waals surface area contributed by atoms with Gasteiger partial charge in [0.15, 0.2) is 0 Å². The summed E-state index contributed by atoms with van der Waals surface area (Å²) in [5, 5.41) is 5.69. The number of rotatable bonds is 6. The maximum absolute atomic E-state index is 11.2. The van der Waals surface area contributed by atoms with Gasteiger partial charge in [0.05, 0.1) is 13.1 Å². The first-order valence-electron chi connectivity index (χ1n) is 4.98. The van der Waals surface area contributed by atoms with Crippen LogP contribution in [-0.2, 0) is 4.79 Å². The van der Waals surface area contributed by atoms with Crippen molar-refractivity contribution < 1.29 is 4.79 Å². The third kappa shape index (κ3) is 6.50. The Kier molecular flexibility index (Phi) is 6.87. The van der Waals surface area contributed by atoms with Crippen LogP contribution in [0, 0.1) is 24.2 Å². The Bertz CT molecular complexity index is 206. The molecule has 0 aliphatic carbocycles. The summed E-state index contributed by atoms with van der Waals surface area (Å²) in [6.45, 7) is 7.89. The van der Waals surface area contributed by atoms with E-state index in [0.29, 0.717) is 24.9 Å². The zero-order valence-corrected chi connectivity index (χ0v) is 9.26. The van der Waals surface area contributed by atoms with Crippen LogP contribution in [0.2, 0.25) is 0 Å². The molecule has 1 unspecified atom stereocenters. The second-order valence-corrected chi connectivity index (χ2v) is 3.83. The largest absolute Gasteiger partial charge is 0.355 e. The van der Waals surface area contributed by atoms with Crippen molar-refractivity contribution in [3.63, 3.8) is 0 Å². The van der Waals surface area contributed by atoms with Crippen molar-refractivity contribution in [2.75, 3.05) is 19.6 Å². The van der Waals surface area contributed by atoms with Crippen LogP contribution in [0.5, 0.6) is 0 Å². The molecular formula is C11H20N2O. The fourth-order valence-corrected chi connectivity index (χ4v) is 0.821. The van der Waals surface area contributed by atoms with Crippen LogP contribution < -0.4 is 10.6 Å². The summed E-state index contributed by atoms with van der Waals surface area (Å²) in [6, 6.07) is 0. The average molecular weight is 196 g/mol. The van der Waals surface area contributed by atoms with E-state index >= 15 is 0 Å². The van der Waals surface area contributed by atoms with E-state index in [-0.39, 0.29) is 5.91 Å². The van der Waals surface area contributed by atoms with Gasteiger partial charge in [0.2, 0.25) is 5.91 Å². The van der Waals surface area contributed by atoms with Gasteiger partial charge in [0.1, 0.15) is 0 Å². The number of carbonyl (C=O) groups excluding carboxylic acids is 1. The summed E-state index contributed by atoms with van der Waals surface area (Å²) in [5.74, 6) is 3.52. The zero-order valence-electron chi connectivity index (χ0n) is 9.26. The lowest BCUT2D eigenvalue weighted by molar-refractivity contribution is -0.120. The molecular weight excluding hydrogens is 176 g/mol. The van der Waals surface area contributed by atoms with Crippen LogP contribution in [0.1, 0.15) is 20.8 Å². The van der Waals surface area contributed by atoms with Crippen molar-refractivity contribution in [1.82, 2.24) is 10.6 Å². The molecule has 0 aromatic carbocycles. The highest BCUT2D eigenvalue weighted by molar-refractivity contribution is 5.77. The summed E-state index contributed by atoms with van der Waals surface area (Å²) in [4.78, 5) is 11.2. The van der Waals surface area contributed by atoms with E-state index < -0.39 is 0 Å². The molecule has 3 heteroatoms. The first-order chi connectivity index (χ1) is 6.57. The van der Waals surface area contributed by atoms with Crippen molar-refractivity contribution in [2.45, 2.75) is 20.8 Å². The van der Waals surface area contributed by atoms with Gasteiger partial charge >= 0.3 is 0 Å². The first-order valence-corrected chi connectivity index (χ1v) is 4.98. The van der Waals surface area contributed by atoms with Crippen LogP contribution in [0.4, 0.5) is 0 Å². The smallest absolute Gasteiger partial charge is 0.233 e. The summed E-state index contributed by atoms with van der Waals surface area (Å²) in [7, 11) is 0. The number of nitrogens with one attached hydrogen (secondary N) is 2. The second-order valence-electron chi connectivity index (χ2n) is 3.83. The minimum absolute atomic E-state index is 0.00718. The van der Waals surface area contributed by atoms with Gasteiger partial charge in [-0.05, 0) is 11.8 Å². The highest BCUT2D eigenvalue weighted by atomic mass is 16.1. The van der Waals surface area contributed by atoms with Crippen molar-refractivity contribution in [2.24, 2.45) is 11.8 Å². The quantitative estimate of drug-likeness (QED) is 0.483. The molecule has 0 heterocycles. The maximum Gasteiger partial charge on any atom is 0.233 e. The SMILES string of the molecule is C#CCNCC(=O)NCC(C)C(C)C. The molecule has 2 N–H and O–H groups in total. The van der Waals surface area contributed by atoms with Crippen molar-refractivity contribution in [3.8, 4) is 12.3 Å². The van der Waals surface area contributed by atoms with Crippen molar-refractivity contribution in [3.05, 3.63) is 0 Å². The Morgan fingerprint density at radius 3 is 2.57 bits per heavy atom. The summed E-state index contributed by atoms with van der Waals surface area (Å²) < 4.78 is 0. The Hall–Kier alpha value is -1.01. The lowest BCUT2D eigenvalue weighted by Crippen LogP contribution is -2.37. The molecule has 0 radical (unpaired) electrons. The summed E-state index contributed by atoms with van der Waals surface area (Å²) in [5.41, 5.74) is 0. The molecule has 0 saturated heterocycles. The molecule has 80 valence electrons. The predicted molar refractivity (Wildman–Crippen MR) is 58.7 cm³/mol. The molecule has 0 fully saturated rings. The van der Waals surface area contributed by atoms with Gasteiger partial charge in [0, 0.05) is 6.54 Å². The van der Waals surface area contributed by atoms with Crippen LogP contribution >= 0.6 is 0 Å². The van der Waals surface area contributed by atoms with Crippen LogP contribution in [0.25, 0.3) is 0 Å². The topological polar surface area (TPSA) is 41.1 Å². The number of carbonyl (C=O) groups is 1.